The smallest absolute Gasteiger partial charge is 0.193 e. The third-order valence-electron chi connectivity index (χ3n) is 5.74. The van der Waals surface area contributed by atoms with Gasteiger partial charge in [0, 0.05) is 11.1 Å². The van der Waals surface area contributed by atoms with Gasteiger partial charge in [0.25, 0.3) is 0 Å². The van der Waals surface area contributed by atoms with E-state index < -0.39 is 10.8 Å². The van der Waals surface area contributed by atoms with Gasteiger partial charge in [0.1, 0.15) is 11.5 Å². The van der Waals surface area contributed by atoms with Crippen molar-refractivity contribution in [1.29, 1.82) is 0 Å². The molecule has 4 aromatic carbocycles. The molecular formula is C29H24Cl2O3. The van der Waals surface area contributed by atoms with Gasteiger partial charge in [-0.05, 0) is 58.7 Å². The zero-order chi connectivity index (χ0) is 24.1. The fourth-order valence-electron chi connectivity index (χ4n) is 3.92. The molecule has 2 unspecified atom stereocenters. The quantitative estimate of drug-likeness (QED) is 0.188. The Balaban J connectivity index is 1.83. The number of carbonyl (C=O) groups excluding carboxylic acids is 1. The van der Waals surface area contributed by atoms with Gasteiger partial charge in [0.05, 0.1) is 25.0 Å². The lowest BCUT2D eigenvalue weighted by molar-refractivity contribution is 0.103. The summed E-state index contributed by atoms with van der Waals surface area (Å²) >= 11 is 13.8. The van der Waals surface area contributed by atoms with Crippen LogP contribution in [0.5, 0.6) is 11.5 Å². The van der Waals surface area contributed by atoms with Gasteiger partial charge in [0.2, 0.25) is 0 Å². The molecule has 0 N–H and O–H groups in total. The Hall–Kier alpha value is -3.27. The summed E-state index contributed by atoms with van der Waals surface area (Å²) in [4.78, 5) is 14.0. The standard InChI is InChI=1S/C29H24Cl2O3/c1-33-21-13-15-23(25(17-21)27(30)19-9-5-3-6-10-19)29(32)24-16-14-22(34-2)18-26(24)28(31)20-11-7-4-8-12-20/h3-18,27-28H,1-2H3. The van der Waals surface area contributed by atoms with E-state index in [0.29, 0.717) is 33.8 Å². The van der Waals surface area contributed by atoms with Crippen LogP contribution in [0.25, 0.3) is 0 Å². The Labute approximate surface area is 209 Å². The van der Waals surface area contributed by atoms with E-state index in [1.54, 1.807) is 38.5 Å². The maximum Gasteiger partial charge on any atom is 0.193 e. The predicted molar refractivity (Wildman–Crippen MR) is 138 cm³/mol. The number of ether oxygens (including phenoxy) is 2. The average molecular weight is 491 g/mol. The molecule has 172 valence electrons. The Morgan fingerprint density at radius 1 is 0.618 bits per heavy atom. The maximum absolute atomic E-state index is 14.0. The molecule has 0 spiro atoms. The summed E-state index contributed by atoms with van der Waals surface area (Å²) in [5, 5.41) is -1.06. The van der Waals surface area contributed by atoms with Gasteiger partial charge in [-0.25, -0.2) is 0 Å². The molecule has 0 bridgehead atoms. The van der Waals surface area contributed by atoms with Crippen LogP contribution in [0.15, 0.2) is 97.1 Å². The lowest BCUT2D eigenvalue weighted by Gasteiger charge is -2.19. The van der Waals surface area contributed by atoms with E-state index in [2.05, 4.69) is 0 Å². The number of halogens is 2. The number of carbonyl (C=O) groups is 1. The Morgan fingerprint density at radius 3 is 1.35 bits per heavy atom. The number of ketones is 1. The summed E-state index contributed by atoms with van der Waals surface area (Å²) in [5.41, 5.74) is 4.11. The molecule has 0 aromatic heterocycles. The van der Waals surface area contributed by atoms with Crippen molar-refractivity contribution in [2.45, 2.75) is 10.8 Å². The van der Waals surface area contributed by atoms with E-state index in [1.165, 1.54) is 0 Å². The highest BCUT2D eigenvalue weighted by Gasteiger charge is 2.25. The number of benzene rings is 4. The number of methoxy groups -OCH3 is 2. The lowest BCUT2D eigenvalue weighted by atomic mass is 9.89. The monoisotopic (exact) mass is 490 g/mol. The second-order valence-corrected chi connectivity index (χ2v) is 8.65. The highest BCUT2D eigenvalue weighted by molar-refractivity contribution is 6.25. The van der Waals surface area contributed by atoms with E-state index in [1.807, 2.05) is 72.8 Å². The number of alkyl halides is 2. The van der Waals surface area contributed by atoms with Crippen LogP contribution >= 0.6 is 23.2 Å². The van der Waals surface area contributed by atoms with Crippen molar-refractivity contribution in [3.8, 4) is 11.5 Å². The summed E-state index contributed by atoms with van der Waals surface area (Å²) in [6.07, 6.45) is 0. The molecule has 5 heteroatoms. The summed E-state index contributed by atoms with van der Waals surface area (Å²) in [7, 11) is 3.18. The van der Waals surface area contributed by atoms with Crippen LogP contribution in [0.4, 0.5) is 0 Å². The van der Waals surface area contributed by atoms with Crippen molar-refractivity contribution in [3.63, 3.8) is 0 Å². The maximum atomic E-state index is 14.0. The first-order valence-electron chi connectivity index (χ1n) is 10.8. The Bertz CT molecular complexity index is 1170. The molecular weight excluding hydrogens is 467 g/mol. The van der Waals surface area contributed by atoms with Crippen LogP contribution < -0.4 is 9.47 Å². The topological polar surface area (TPSA) is 35.5 Å². The van der Waals surface area contributed by atoms with Crippen molar-refractivity contribution >= 4 is 29.0 Å². The van der Waals surface area contributed by atoms with Gasteiger partial charge in [-0.15, -0.1) is 23.2 Å². The molecule has 0 radical (unpaired) electrons. The SMILES string of the molecule is COc1ccc(C(=O)c2ccc(OC)cc2C(Cl)c2ccccc2)c(C(Cl)c2ccccc2)c1. The second kappa shape index (κ2) is 10.8. The molecule has 0 aliphatic heterocycles. The van der Waals surface area contributed by atoms with Crippen LogP contribution in [0.1, 0.15) is 48.9 Å². The molecule has 0 aliphatic rings. The van der Waals surface area contributed by atoms with Crippen molar-refractivity contribution in [1.82, 2.24) is 0 Å². The third-order valence-corrected chi connectivity index (χ3v) is 6.71. The summed E-state index contributed by atoms with van der Waals surface area (Å²) in [6, 6.07) is 30.0. The number of hydrogen-bond acceptors (Lipinski definition) is 3. The number of hydrogen-bond donors (Lipinski definition) is 0. The van der Waals surface area contributed by atoms with Crippen LogP contribution in [0.2, 0.25) is 0 Å². The van der Waals surface area contributed by atoms with Gasteiger partial charge in [-0.1, -0.05) is 60.7 Å². The molecule has 0 fully saturated rings. The van der Waals surface area contributed by atoms with E-state index in [4.69, 9.17) is 32.7 Å². The van der Waals surface area contributed by atoms with Crippen LogP contribution in [0, 0.1) is 0 Å². The van der Waals surface area contributed by atoms with E-state index >= 15 is 0 Å². The predicted octanol–water partition coefficient (Wildman–Crippen LogP) is 7.59. The van der Waals surface area contributed by atoms with Crippen LogP contribution in [0.3, 0.4) is 0 Å². The van der Waals surface area contributed by atoms with Crippen LogP contribution in [-0.2, 0) is 0 Å². The van der Waals surface area contributed by atoms with Gasteiger partial charge >= 0.3 is 0 Å². The van der Waals surface area contributed by atoms with Crippen molar-refractivity contribution in [2.24, 2.45) is 0 Å². The van der Waals surface area contributed by atoms with Gasteiger partial charge in [-0.3, -0.25) is 4.79 Å². The molecule has 34 heavy (non-hydrogen) atoms. The van der Waals surface area contributed by atoms with Gasteiger partial charge in [-0.2, -0.15) is 0 Å². The van der Waals surface area contributed by atoms with Crippen molar-refractivity contribution < 1.29 is 14.3 Å². The fourth-order valence-corrected chi connectivity index (χ4v) is 4.57. The van der Waals surface area contributed by atoms with Gasteiger partial charge in [0.15, 0.2) is 5.78 Å². The fraction of sp³-hybridized carbons (Fsp3) is 0.138. The number of rotatable bonds is 8. The minimum Gasteiger partial charge on any atom is -0.497 e. The molecule has 0 aliphatic carbocycles. The van der Waals surface area contributed by atoms with Crippen molar-refractivity contribution in [2.75, 3.05) is 14.2 Å². The first kappa shape index (κ1) is 23.9. The normalized spacial score (nSPS) is 12.6. The van der Waals surface area contributed by atoms with E-state index in [0.717, 1.165) is 11.1 Å². The largest absolute Gasteiger partial charge is 0.497 e. The highest BCUT2D eigenvalue weighted by atomic mass is 35.5. The minimum atomic E-state index is -0.530. The zero-order valence-corrected chi connectivity index (χ0v) is 20.4. The molecule has 2 atom stereocenters. The molecule has 3 nitrogen and oxygen atoms in total. The third kappa shape index (κ3) is 4.96. The van der Waals surface area contributed by atoms with Gasteiger partial charge < -0.3 is 9.47 Å². The van der Waals surface area contributed by atoms with E-state index in [-0.39, 0.29) is 5.78 Å². The summed E-state index contributed by atoms with van der Waals surface area (Å²) in [6.45, 7) is 0. The second-order valence-electron chi connectivity index (χ2n) is 7.78. The Kier molecular flexibility index (Phi) is 7.56. The van der Waals surface area contributed by atoms with Crippen molar-refractivity contribution in [3.05, 3.63) is 130 Å². The minimum absolute atomic E-state index is 0.168. The molecule has 0 heterocycles. The molecule has 4 rings (SSSR count). The first-order chi connectivity index (χ1) is 16.5. The molecule has 0 saturated heterocycles. The molecule has 0 saturated carbocycles. The zero-order valence-electron chi connectivity index (χ0n) is 18.9. The summed E-state index contributed by atoms with van der Waals surface area (Å²) in [5.74, 6) is 1.09. The summed E-state index contributed by atoms with van der Waals surface area (Å²) < 4.78 is 10.8. The van der Waals surface area contributed by atoms with E-state index in [9.17, 15) is 4.79 Å². The lowest BCUT2D eigenvalue weighted by Crippen LogP contribution is -2.12. The average Bonchev–Trinajstić information content (AvgIpc) is 2.92. The molecule has 4 aromatic rings. The Morgan fingerprint density at radius 2 is 1.00 bits per heavy atom. The van der Waals surface area contributed by atoms with Crippen LogP contribution in [-0.4, -0.2) is 20.0 Å². The highest BCUT2D eigenvalue weighted by Crippen LogP contribution is 2.38. The molecule has 0 amide bonds. The first-order valence-corrected chi connectivity index (χ1v) is 11.7.